The van der Waals surface area contributed by atoms with Crippen molar-refractivity contribution < 1.29 is 8.42 Å². The summed E-state index contributed by atoms with van der Waals surface area (Å²) in [5.41, 5.74) is 2.19. The van der Waals surface area contributed by atoms with Crippen LogP contribution in [0.2, 0.25) is 0 Å². The number of hydrogen-bond acceptors (Lipinski definition) is 4. The first kappa shape index (κ1) is 14.6. The van der Waals surface area contributed by atoms with Crippen LogP contribution in [-0.2, 0) is 16.6 Å². The summed E-state index contributed by atoms with van der Waals surface area (Å²) in [6, 6.07) is 11.5. The van der Waals surface area contributed by atoms with Gasteiger partial charge in [-0.2, -0.15) is 0 Å². The summed E-state index contributed by atoms with van der Waals surface area (Å²) < 4.78 is 27.1. The normalized spacial score (nSPS) is 15.5. The Hall–Kier alpha value is -1.37. The largest absolute Gasteiger partial charge is 0.372 e. The number of rotatable bonds is 5. The van der Waals surface area contributed by atoms with Crippen molar-refractivity contribution in [3.63, 3.8) is 0 Å². The van der Waals surface area contributed by atoms with E-state index in [4.69, 9.17) is 0 Å². The molecule has 0 bridgehead atoms. The van der Waals surface area contributed by atoms with Crippen molar-refractivity contribution in [2.24, 2.45) is 0 Å². The summed E-state index contributed by atoms with van der Waals surface area (Å²) in [6.07, 6.45) is 2.50. The fourth-order valence-electron chi connectivity index (χ4n) is 2.47. The van der Waals surface area contributed by atoms with Gasteiger partial charge in [-0.15, -0.1) is 11.3 Å². The summed E-state index contributed by atoms with van der Waals surface area (Å²) in [6.45, 7) is 2.55. The van der Waals surface area contributed by atoms with Gasteiger partial charge in [0.2, 0.25) is 10.0 Å². The van der Waals surface area contributed by atoms with Crippen LogP contribution in [0.3, 0.4) is 0 Å². The topological polar surface area (TPSA) is 49.4 Å². The van der Waals surface area contributed by atoms with E-state index >= 15 is 0 Å². The smallest absolute Gasteiger partial charge is 0.250 e. The molecule has 6 heteroatoms. The van der Waals surface area contributed by atoms with Gasteiger partial charge in [-0.3, -0.25) is 0 Å². The highest BCUT2D eigenvalue weighted by molar-refractivity contribution is 7.91. The quantitative estimate of drug-likeness (QED) is 0.921. The van der Waals surface area contributed by atoms with Crippen molar-refractivity contribution in [2.45, 2.75) is 23.6 Å². The van der Waals surface area contributed by atoms with Crippen molar-refractivity contribution >= 4 is 27.0 Å². The van der Waals surface area contributed by atoms with Crippen LogP contribution in [0.5, 0.6) is 0 Å². The minimum atomic E-state index is -3.38. The lowest BCUT2D eigenvalue weighted by molar-refractivity contribution is 0.583. The molecule has 2 heterocycles. The minimum absolute atomic E-state index is 0.320. The standard InChI is InChI=1S/C15H18N2O2S2/c18-21(19,15-4-3-11-20-15)16-12-13-5-7-14(8-6-13)17-9-1-2-10-17/h3-8,11,16H,1-2,9-10,12H2. The molecule has 0 spiro atoms. The van der Waals surface area contributed by atoms with Gasteiger partial charge >= 0.3 is 0 Å². The van der Waals surface area contributed by atoms with Crippen LogP contribution in [0.4, 0.5) is 5.69 Å². The Bertz CT molecular complexity index is 673. The molecule has 1 aliphatic heterocycles. The minimum Gasteiger partial charge on any atom is -0.372 e. The Kier molecular flexibility index (Phi) is 4.28. The Morgan fingerprint density at radius 1 is 1.10 bits per heavy atom. The van der Waals surface area contributed by atoms with Gasteiger partial charge in [0.25, 0.3) is 0 Å². The van der Waals surface area contributed by atoms with Gasteiger partial charge < -0.3 is 4.90 Å². The van der Waals surface area contributed by atoms with Crippen LogP contribution in [-0.4, -0.2) is 21.5 Å². The van der Waals surface area contributed by atoms with Crippen LogP contribution >= 0.6 is 11.3 Å². The van der Waals surface area contributed by atoms with E-state index in [9.17, 15) is 8.42 Å². The highest BCUT2D eigenvalue weighted by Crippen LogP contribution is 2.21. The number of thiophene rings is 1. The summed E-state index contributed by atoms with van der Waals surface area (Å²) in [4.78, 5) is 2.36. The molecule has 0 atom stereocenters. The summed E-state index contributed by atoms with van der Waals surface area (Å²) >= 11 is 1.23. The zero-order valence-corrected chi connectivity index (χ0v) is 13.3. The lowest BCUT2D eigenvalue weighted by Gasteiger charge is -2.17. The molecule has 0 aliphatic carbocycles. The van der Waals surface area contributed by atoms with E-state index in [1.165, 1.54) is 29.9 Å². The second-order valence-electron chi connectivity index (χ2n) is 5.12. The van der Waals surface area contributed by atoms with Crippen LogP contribution < -0.4 is 9.62 Å². The molecular weight excluding hydrogens is 304 g/mol. The Balaban J connectivity index is 1.63. The van der Waals surface area contributed by atoms with E-state index in [1.54, 1.807) is 17.5 Å². The molecule has 1 aromatic heterocycles. The maximum absolute atomic E-state index is 12.0. The molecular formula is C15H18N2O2S2. The molecule has 1 fully saturated rings. The van der Waals surface area contributed by atoms with Gasteiger partial charge in [0.1, 0.15) is 4.21 Å². The third-order valence-electron chi connectivity index (χ3n) is 3.63. The van der Waals surface area contributed by atoms with E-state index in [2.05, 4.69) is 21.8 Å². The van der Waals surface area contributed by atoms with Crippen molar-refractivity contribution in [3.05, 3.63) is 47.3 Å². The first-order valence-corrected chi connectivity index (χ1v) is 9.38. The number of benzene rings is 1. The maximum atomic E-state index is 12.0. The molecule has 1 aliphatic rings. The molecule has 1 saturated heterocycles. The van der Waals surface area contributed by atoms with Gasteiger partial charge in [0.05, 0.1) is 0 Å². The maximum Gasteiger partial charge on any atom is 0.250 e. The van der Waals surface area contributed by atoms with E-state index in [0.29, 0.717) is 10.8 Å². The van der Waals surface area contributed by atoms with E-state index in [-0.39, 0.29) is 0 Å². The highest BCUT2D eigenvalue weighted by Gasteiger charge is 2.15. The summed E-state index contributed by atoms with van der Waals surface area (Å²) in [5, 5.41) is 1.76. The zero-order valence-electron chi connectivity index (χ0n) is 11.7. The Morgan fingerprint density at radius 3 is 2.43 bits per heavy atom. The van der Waals surface area contributed by atoms with Crippen LogP contribution in [0, 0.1) is 0 Å². The number of sulfonamides is 1. The van der Waals surface area contributed by atoms with E-state index in [0.717, 1.165) is 18.7 Å². The van der Waals surface area contributed by atoms with Gasteiger partial charge in [-0.05, 0) is 42.0 Å². The number of nitrogens with zero attached hydrogens (tertiary/aromatic N) is 1. The lowest BCUT2D eigenvalue weighted by atomic mass is 10.2. The molecule has 1 N–H and O–H groups in total. The monoisotopic (exact) mass is 322 g/mol. The van der Waals surface area contributed by atoms with Crippen LogP contribution in [0.15, 0.2) is 46.0 Å². The Labute approximate surface area is 129 Å². The SMILES string of the molecule is O=S(=O)(NCc1ccc(N2CCCC2)cc1)c1cccs1. The second kappa shape index (κ2) is 6.17. The van der Waals surface area contributed by atoms with E-state index in [1.807, 2.05) is 12.1 Å². The molecule has 0 radical (unpaired) electrons. The summed E-state index contributed by atoms with van der Waals surface area (Å²) in [7, 11) is -3.38. The van der Waals surface area contributed by atoms with Gasteiger partial charge in [0.15, 0.2) is 0 Å². The number of nitrogens with one attached hydrogen (secondary N) is 1. The van der Waals surface area contributed by atoms with Gasteiger partial charge in [0, 0.05) is 25.3 Å². The number of hydrogen-bond donors (Lipinski definition) is 1. The average Bonchev–Trinajstić information content (AvgIpc) is 3.19. The van der Waals surface area contributed by atoms with Crippen molar-refractivity contribution in [2.75, 3.05) is 18.0 Å². The molecule has 0 unspecified atom stereocenters. The second-order valence-corrected chi connectivity index (χ2v) is 8.06. The van der Waals surface area contributed by atoms with Crippen molar-refractivity contribution in [3.8, 4) is 0 Å². The fraction of sp³-hybridized carbons (Fsp3) is 0.333. The predicted octanol–water partition coefficient (Wildman–Crippen LogP) is 2.83. The Morgan fingerprint density at radius 2 is 1.81 bits per heavy atom. The first-order chi connectivity index (χ1) is 10.1. The first-order valence-electron chi connectivity index (χ1n) is 7.02. The number of anilines is 1. The van der Waals surface area contributed by atoms with Crippen molar-refractivity contribution in [1.29, 1.82) is 0 Å². The molecule has 2 aromatic rings. The molecule has 3 rings (SSSR count). The molecule has 1 aromatic carbocycles. The van der Waals surface area contributed by atoms with Gasteiger partial charge in [-0.1, -0.05) is 18.2 Å². The third kappa shape index (κ3) is 3.45. The molecule has 0 amide bonds. The molecule has 21 heavy (non-hydrogen) atoms. The fourth-order valence-corrected chi connectivity index (χ4v) is 4.52. The predicted molar refractivity (Wildman–Crippen MR) is 86.2 cm³/mol. The van der Waals surface area contributed by atoms with E-state index < -0.39 is 10.0 Å². The summed E-state index contributed by atoms with van der Waals surface area (Å²) in [5.74, 6) is 0. The van der Waals surface area contributed by atoms with Gasteiger partial charge in [-0.25, -0.2) is 13.1 Å². The highest BCUT2D eigenvalue weighted by atomic mass is 32.2. The zero-order chi connectivity index (χ0) is 14.7. The van der Waals surface area contributed by atoms with Crippen LogP contribution in [0.25, 0.3) is 0 Å². The lowest BCUT2D eigenvalue weighted by Crippen LogP contribution is -2.22. The van der Waals surface area contributed by atoms with Crippen LogP contribution in [0.1, 0.15) is 18.4 Å². The average molecular weight is 322 g/mol. The molecule has 112 valence electrons. The molecule has 4 nitrogen and oxygen atoms in total. The third-order valence-corrected chi connectivity index (χ3v) is 6.43. The van der Waals surface area contributed by atoms with Crippen molar-refractivity contribution in [1.82, 2.24) is 4.72 Å². The molecule has 0 saturated carbocycles.